The Morgan fingerprint density at radius 3 is 2.65 bits per heavy atom. The van der Waals surface area contributed by atoms with Crippen LogP contribution in [0, 0.1) is 0 Å². The number of morpholine rings is 1. The zero-order chi connectivity index (χ0) is 15.6. The number of phenols is 1. The first-order valence-corrected chi connectivity index (χ1v) is 8.82. The van der Waals surface area contributed by atoms with Gasteiger partial charge >= 0.3 is 0 Å². The number of anilines is 1. The molecule has 0 aliphatic carbocycles. The fourth-order valence-corrected chi connectivity index (χ4v) is 3.99. The van der Waals surface area contributed by atoms with Crippen LogP contribution >= 0.6 is 11.3 Å². The number of aromatic hydroxyl groups is 1. The van der Waals surface area contributed by atoms with E-state index in [1.165, 1.54) is 24.2 Å². The van der Waals surface area contributed by atoms with Crippen LogP contribution < -0.4 is 5.32 Å². The lowest BCUT2D eigenvalue weighted by molar-refractivity contribution is -0.0368. The molecule has 4 rings (SSSR count). The number of fused-ring (bicyclic) bond motifs is 2. The number of hydrogen-bond acceptors (Lipinski definition) is 7. The molecule has 7 heteroatoms. The van der Waals surface area contributed by atoms with Crippen LogP contribution in [0.5, 0.6) is 5.75 Å². The van der Waals surface area contributed by atoms with Gasteiger partial charge in [0.1, 0.15) is 10.8 Å². The molecule has 23 heavy (non-hydrogen) atoms. The van der Waals surface area contributed by atoms with Crippen LogP contribution in [-0.4, -0.2) is 58.6 Å². The van der Waals surface area contributed by atoms with Crippen molar-refractivity contribution in [1.82, 2.24) is 15.1 Å². The molecule has 2 aromatic rings. The average Bonchev–Trinajstić information content (AvgIpc) is 3.15. The Hall–Kier alpha value is -1.70. The Balaban J connectivity index is 1.29. The quantitative estimate of drug-likeness (QED) is 0.875. The number of phenolic OH excluding ortho intramolecular Hbond substituents is 1. The number of aromatic nitrogens is 2. The lowest BCUT2D eigenvalue weighted by Crippen LogP contribution is -2.44. The second kappa shape index (κ2) is 6.43. The third-order valence-electron chi connectivity index (χ3n) is 4.36. The zero-order valence-corrected chi connectivity index (χ0v) is 13.6. The van der Waals surface area contributed by atoms with Gasteiger partial charge in [0, 0.05) is 31.7 Å². The molecule has 122 valence electrons. The average molecular weight is 332 g/mol. The van der Waals surface area contributed by atoms with E-state index in [2.05, 4.69) is 20.4 Å². The second-order valence-electron chi connectivity index (χ2n) is 6.10. The van der Waals surface area contributed by atoms with Gasteiger partial charge in [-0.25, -0.2) is 0 Å². The second-order valence-corrected chi connectivity index (χ2v) is 7.08. The van der Waals surface area contributed by atoms with Gasteiger partial charge in [-0.2, -0.15) is 0 Å². The molecule has 0 amide bonds. The Kier molecular flexibility index (Phi) is 4.15. The minimum Gasteiger partial charge on any atom is -0.508 e. The van der Waals surface area contributed by atoms with Crippen LogP contribution in [0.25, 0.3) is 10.6 Å². The van der Waals surface area contributed by atoms with Crippen LogP contribution in [-0.2, 0) is 4.74 Å². The third kappa shape index (κ3) is 3.46. The molecule has 2 fully saturated rings. The van der Waals surface area contributed by atoms with Crippen molar-refractivity contribution in [3.63, 3.8) is 0 Å². The maximum absolute atomic E-state index is 9.33. The van der Waals surface area contributed by atoms with E-state index >= 15 is 0 Å². The van der Waals surface area contributed by atoms with Crippen molar-refractivity contribution in [1.29, 1.82) is 0 Å². The largest absolute Gasteiger partial charge is 0.508 e. The molecule has 2 unspecified atom stereocenters. The van der Waals surface area contributed by atoms with E-state index in [0.29, 0.717) is 12.2 Å². The number of likely N-dealkylation sites (tertiary alicyclic amines) is 1. The summed E-state index contributed by atoms with van der Waals surface area (Å²) < 4.78 is 5.85. The van der Waals surface area contributed by atoms with Crippen molar-refractivity contribution in [2.24, 2.45) is 0 Å². The summed E-state index contributed by atoms with van der Waals surface area (Å²) in [5.41, 5.74) is 0.970. The SMILES string of the molecule is Oc1ccc(-c2nnc(NCCN3CC4CCC(C3)O4)s2)cc1. The van der Waals surface area contributed by atoms with E-state index in [0.717, 1.165) is 41.9 Å². The van der Waals surface area contributed by atoms with E-state index in [4.69, 9.17) is 4.74 Å². The van der Waals surface area contributed by atoms with E-state index in [1.54, 1.807) is 12.1 Å². The van der Waals surface area contributed by atoms with Crippen LogP contribution in [0.15, 0.2) is 24.3 Å². The van der Waals surface area contributed by atoms with Gasteiger partial charge in [0.25, 0.3) is 0 Å². The van der Waals surface area contributed by atoms with Crippen molar-refractivity contribution < 1.29 is 9.84 Å². The van der Waals surface area contributed by atoms with Gasteiger partial charge in [0.15, 0.2) is 0 Å². The van der Waals surface area contributed by atoms with Crippen molar-refractivity contribution in [3.05, 3.63) is 24.3 Å². The van der Waals surface area contributed by atoms with Crippen molar-refractivity contribution in [2.75, 3.05) is 31.5 Å². The summed E-state index contributed by atoms with van der Waals surface area (Å²) >= 11 is 1.53. The van der Waals surface area contributed by atoms with Crippen LogP contribution in [0.1, 0.15) is 12.8 Å². The Labute approximate surface area is 139 Å². The number of nitrogens with one attached hydrogen (secondary N) is 1. The summed E-state index contributed by atoms with van der Waals surface area (Å²) in [6.07, 6.45) is 3.30. The fourth-order valence-electron chi connectivity index (χ4n) is 3.22. The molecule has 2 atom stereocenters. The molecule has 1 aromatic heterocycles. The topological polar surface area (TPSA) is 70.5 Å². The summed E-state index contributed by atoms with van der Waals surface area (Å²) in [5.74, 6) is 0.260. The maximum atomic E-state index is 9.33. The lowest BCUT2D eigenvalue weighted by atomic mass is 10.2. The maximum Gasteiger partial charge on any atom is 0.206 e. The number of hydrogen-bond donors (Lipinski definition) is 2. The standard InChI is InChI=1S/C16H20N4O2S/c21-12-3-1-11(2-4-12)15-18-19-16(23-15)17-7-8-20-9-13-5-6-14(10-20)22-13/h1-4,13-14,21H,5-10H2,(H,17,19). The molecule has 2 bridgehead atoms. The first-order chi connectivity index (χ1) is 11.3. The minimum atomic E-state index is 0.260. The van der Waals surface area contributed by atoms with Gasteiger partial charge in [-0.3, -0.25) is 4.90 Å². The molecule has 3 heterocycles. The van der Waals surface area contributed by atoms with Crippen molar-refractivity contribution >= 4 is 16.5 Å². The highest BCUT2D eigenvalue weighted by Crippen LogP contribution is 2.28. The number of ether oxygens (including phenoxy) is 1. The molecule has 0 spiro atoms. The Morgan fingerprint density at radius 2 is 1.91 bits per heavy atom. The molecule has 1 aromatic carbocycles. The van der Waals surface area contributed by atoms with Crippen molar-refractivity contribution in [3.8, 4) is 16.3 Å². The monoisotopic (exact) mass is 332 g/mol. The van der Waals surface area contributed by atoms with Crippen LogP contribution in [0.3, 0.4) is 0 Å². The molecule has 0 radical (unpaired) electrons. The number of rotatable bonds is 5. The first kappa shape index (κ1) is 14.9. The molecule has 6 nitrogen and oxygen atoms in total. The summed E-state index contributed by atoms with van der Waals surface area (Å²) in [7, 11) is 0. The molecular formula is C16H20N4O2S. The predicted octanol–water partition coefficient (Wildman–Crippen LogP) is 2.19. The normalized spacial score (nSPS) is 24.0. The van der Waals surface area contributed by atoms with E-state index < -0.39 is 0 Å². The Bertz CT molecular complexity index is 648. The zero-order valence-electron chi connectivity index (χ0n) is 12.8. The predicted molar refractivity (Wildman–Crippen MR) is 89.8 cm³/mol. The molecule has 2 aliphatic heterocycles. The molecule has 2 N–H and O–H groups in total. The van der Waals surface area contributed by atoms with Gasteiger partial charge in [0.2, 0.25) is 5.13 Å². The van der Waals surface area contributed by atoms with Gasteiger partial charge in [-0.1, -0.05) is 11.3 Å². The highest BCUT2D eigenvalue weighted by molar-refractivity contribution is 7.18. The summed E-state index contributed by atoms with van der Waals surface area (Å²) in [6.45, 7) is 3.97. The Morgan fingerprint density at radius 1 is 1.17 bits per heavy atom. The summed E-state index contributed by atoms with van der Waals surface area (Å²) in [4.78, 5) is 2.47. The summed E-state index contributed by atoms with van der Waals surface area (Å²) in [6, 6.07) is 7.03. The third-order valence-corrected chi connectivity index (χ3v) is 5.29. The lowest BCUT2D eigenvalue weighted by Gasteiger charge is -2.31. The van der Waals surface area contributed by atoms with Gasteiger partial charge in [-0.15, -0.1) is 10.2 Å². The highest BCUT2D eigenvalue weighted by Gasteiger charge is 2.33. The molecular weight excluding hydrogens is 312 g/mol. The fraction of sp³-hybridized carbons (Fsp3) is 0.500. The van der Waals surface area contributed by atoms with Gasteiger partial charge in [-0.05, 0) is 37.1 Å². The highest BCUT2D eigenvalue weighted by atomic mass is 32.1. The van der Waals surface area contributed by atoms with E-state index in [1.807, 2.05) is 12.1 Å². The minimum absolute atomic E-state index is 0.260. The van der Waals surface area contributed by atoms with E-state index in [9.17, 15) is 5.11 Å². The number of benzene rings is 1. The van der Waals surface area contributed by atoms with E-state index in [-0.39, 0.29) is 5.75 Å². The smallest absolute Gasteiger partial charge is 0.206 e. The van der Waals surface area contributed by atoms with Crippen LogP contribution in [0.4, 0.5) is 5.13 Å². The first-order valence-electron chi connectivity index (χ1n) is 8.01. The molecule has 2 saturated heterocycles. The molecule has 2 aliphatic rings. The van der Waals surface area contributed by atoms with Gasteiger partial charge in [0.05, 0.1) is 12.2 Å². The summed E-state index contributed by atoms with van der Waals surface area (Å²) in [5, 5.41) is 22.8. The van der Waals surface area contributed by atoms with Gasteiger partial charge < -0.3 is 15.2 Å². The number of nitrogens with zero attached hydrogens (tertiary/aromatic N) is 3. The van der Waals surface area contributed by atoms with Crippen LogP contribution in [0.2, 0.25) is 0 Å². The van der Waals surface area contributed by atoms with Crippen molar-refractivity contribution in [2.45, 2.75) is 25.0 Å². The molecule has 0 saturated carbocycles.